The van der Waals surface area contributed by atoms with Gasteiger partial charge in [-0.25, -0.2) is 0 Å². The second kappa shape index (κ2) is 7.32. The van der Waals surface area contributed by atoms with E-state index in [2.05, 4.69) is 13.5 Å². The molecule has 0 saturated carbocycles. The molecule has 16 heavy (non-hydrogen) atoms. The van der Waals surface area contributed by atoms with Crippen molar-refractivity contribution in [2.45, 2.75) is 26.2 Å². The van der Waals surface area contributed by atoms with Crippen LogP contribution in [0.2, 0.25) is 0 Å². The molecule has 1 aromatic rings. The van der Waals surface area contributed by atoms with Crippen molar-refractivity contribution in [2.75, 3.05) is 6.61 Å². The average molecular weight is 237 g/mol. The molecule has 2 nitrogen and oxygen atoms in total. The van der Waals surface area contributed by atoms with E-state index in [0.717, 1.165) is 24.6 Å². The van der Waals surface area contributed by atoms with Crippen molar-refractivity contribution in [1.29, 1.82) is 0 Å². The van der Waals surface area contributed by atoms with Crippen LogP contribution in [-0.2, 0) is 15.5 Å². The highest BCUT2D eigenvalue weighted by molar-refractivity contribution is 7.48. The van der Waals surface area contributed by atoms with Gasteiger partial charge in [-0.15, -0.1) is 11.1 Å². The molecule has 0 bridgehead atoms. The fourth-order valence-electron chi connectivity index (χ4n) is 1.29. The molecular formula is C13H18O2P+. The van der Waals surface area contributed by atoms with Crippen LogP contribution >= 0.6 is 8.03 Å². The topological polar surface area (TPSA) is 26.3 Å². The summed E-state index contributed by atoms with van der Waals surface area (Å²) in [5.74, 6) is 0. The number of hydrogen-bond acceptors (Lipinski definition) is 2. The molecule has 1 rings (SSSR count). The van der Waals surface area contributed by atoms with Crippen molar-refractivity contribution in [1.82, 2.24) is 0 Å². The fraction of sp³-hybridized carbons (Fsp3) is 0.385. The van der Waals surface area contributed by atoms with Crippen molar-refractivity contribution in [3.63, 3.8) is 0 Å². The molecule has 0 aliphatic rings. The van der Waals surface area contributed by atoms with Crippen molar-refractivity contribution < 1.29 is 9.09 Å². The summed E-state index contributed by atoms with van der Waals surface area (Å²) >= 11 is 0. The molecule has 0 aliphatic carbocycles. The van der Waals surface area contributed by atoms with Gasteiger partial charge in [0.05, 0.1) is 0 Å². The SMILES string of the molecule is C=CCc1ccc([P+](=O)OCCCC)cc1. The molecule has 0 amide bonds. The van der Waals surface area contributed by atoms with Gasteiger partial charge in [0.25, 0.3) is 0 Å². The summed E-state index contributed by atoms with van der Waals surface area (Å²) in [6, 6.07) is 7.66. The zero-order valence-electron chi connectivity index (χ0n) is 9.69. The molecule has 1 unspecified atom stereocenters. The molecule has 0 radical (unpaired) electrons. The lowest BCUT2D eigenvalue weighted by molar-refractivity contribution is 0.326. The van der Waals surface area contributed by atoms with E-state index >= 15 is 0 Å². The Bertz CT molecular complexity index is 343. The minimum Gasteiger partial charge on any atom is -0.142 e. The van der Waals surface area contributed by atoms with Gasteiger partial charge in [0.1, 0.15) is 6.61 Å². The predicted molar refractivity (Wildman–Crippen MR) is 68.4 cm³/mol. The van der Waals surface area contributed by atoms with Gasteiger partial charge < -0.3 is 0 Å². The molecular weight excluding hydrogens is 219 g/mol. The van der Waals surface area contributed by atoms with E-state index < -0.39 is 8.03 Å². The summed E-state index contributed by atoms with van der Waals surface area (Å²) in [6.07, 6.45) is 4.71. The van der Waals surface area contributed by atoms with E-state index in [1.165, 1.54) is 5.56 Å². The molecule has 0 saturated heterocycles. The van der Waals surface area contributed by atoms with E-state index in [9.17, 15) is 4.57 Å². The normalized spacial score (nSPS) is 11.2. The second-order valence-electron chi connectivity index (χ2n) is 3.60. The fourth-order valence-corrected chi connectivity index (χ4v) is 2.12. The van der Waals surface area contributed by atoms with Crippen LogP contribution in [-0.4, -0.2) is 6.61 Å². The predicted octanol–water partition coefficient (Wildman–Crippen LogP) is 3.60. The molecule has 0 spiro atoms. The molecule has 0 aromatic heterocycles. The lowest BCUT2D eigenvalue weighted by Crippen LogP contribution is -1.99. The van der Waals surface area contributed by atoms with Gasteiger partial charge >= 0.3 is 8.03 Å². The Kier molecular flexibility index (Phi) is 5.99. The Balaban J connectivity index is 2.52. The average Bonchev–Trinajstić information content (AvgIpc) is 2.30. The summed E-state index contributed by atoms with van der Waals surface area (Å²) in [5.41, 5.74) is 1.18. The van der Waals surface area contributed by atoms with Crippen LogP contribution in [0.4, 0.5) is 0 Å². The van der Waals surface area contributed by atoms with Gasteiger partial charge in [0.15, 0.2) is 0 Å². The van der Waals surface area contributed by atoms with Gasteiger partial charge in [0, 0.05) is 0 Å². The van der Waals surface area contributed by atoms with Crippen LogP contribution in [0, 0.1) is 0 Å². The van der Waals surface area contributed by atoms with Crippen molar-refractivity contribution >= 4 is 13.3 Å². The third kappa shape index (κ3) is 4.26. The first kappa shape index (κ1) is 13.1. The van der Waals surface area contributed by atoms with E-state index in [0.29, 0.717) is 6.61 Å². The zero-order valence-corrected chi connectivity index (χ0v) is 10.6. The summed E-state index contributed by atoms with van der Waals surface area (Å²) in [7, 11) is -1.68. The maximum atomic E-state index is 11.7. The first-order valence-corrected chi connectivity index (χ1v) is 6.75. The highest BCUT2D eigenvalue weighted by Crippen LogP contribution is 2.22. The maximum absolute atomic E-state index is 11.7. The molecule has 0 aliphatic heterocycles. The van der Waals surface area contributed by atoms with Crippen LogP contribution in [0.15, 0.2) is 36.9 Å². The Hall–Kier alpha value is -0.980. The van der Waals surface area contributed by atoms with Gasteiger partial charge in [0.2, 0.25) is 5.30 Å². The van der Waals surface area contributed by atoms with Crippen LogP contribution in [0.5, 0.6) is 0 Å². The number of allylic oxidation sites excluding steroid dienone is 1. The summed E-state index contributed by atoms with van der Waals surface area (Å²) < 4.78 is 17.0. The molecule has 1 aromatic carbocycles. The lowest BCUT2D eigenvalue weighted by Gasteiger charge is -1.94. The van der Waals surface area contributed by atoms with Crippen molar-refractivity contribution in [2.24, 2.45) is 0 Å². The molecule has 3 heteroatoms. The van der Waals surface area contributed by atoms with E-state index in [1.807, 2.05) is 30.3 Å². The summed E-state index contributed by atoms with van der Waals surface area (Å²) in [5, 5.41) is 0.763. The van der Waals surface area contributed by atoms with Crippen LogP contribution in [0.3, 0.4) is 0 Å². The van der Waals surface area contributed by atoms with Crippen LogP contribution < -0.4 is 5.30 Å². The van der Waals surface area contributed by atoms with E-state index in [-0.39, 0.29) is 0 Å². The van der Waals surface area contributed by atoms with Crippen LogP contribution in [0.25, 0.3) is 0 Å². The Morgan fingerprint density at radius 3 is 2.62 bits per heavy atom. The lowest BCUT2D eigenvalue weighted by atomic mass is 10.2. The number of unbranched alkanes of at least 4 members (excludes halogenated alkanes) is 1. The number of hydrogen-bond donors (Lipinski definition) is 0. The monoisotopic (exact) mass is 237 g/mol. The third-order valence-electron chi connectivity index (χ3n) is 2.23. The molecule has 0 N–H and O–H groups in total. The Morgan fingerprint density at radius 2 is 2.06 bits per heavy atom. The van der Waals surface area contributed by atoms with Gasteiger partial charge in [-0.3, -0.25) is 0 Å². The summed E-state index contributed by atoms with van der Waals surface area (Å²) in [4.78, 5) is 0. The standard InChI is InChI=1S/C13H18O2P/c1-3-5-11-15-16(14)13-9-7-12(6-4-2)8-10-13/h4,7-10H,2-3,5-6,11H2,1H3/q+1. The van der Waals surface area contributed by atoms with Crippen molar-refractivity contribution in [3.8, 4) is 0 Å². The number of benzene rings is 1. The first-order valence-electron chi connectivity index (χ1n) is 5.58. The zero-order chi connectivity index (χ0) is 11.8. The highest BCUT2D eigenvalue weighted by Gasteiger charge is 2.20. The molecule has 0 fully saturated rings. The summed E-state index contributed by atoms with van der Waals surface area (Å²) in [6.45, 7) is 6.33. The smallest absolute Gasteiger partial charge is 0.142 e. The molecule has 1 atom stereocenters. The second-order valence-corrected chi connectivity index (χ2v) is 4.89. The maximum Gasteiger partial charge on any atom is 0.548 e. The minimum absolute atomic E-state index is 0.570. The quantitative estimate of drug-likeness (QED) is 0.411. The van der Waals surface area contributed by atoms with E-state index in [1.54, 1.807) is 0 Å². The largest absolute Gasteiger partial charge is 0.548 e. The van der Waals surface area contributed by atoms with Crippen LogP contribution in [0.1, 0.15) is 25.3 Å². The minimum atomic E-state index is -1.68. The molecule has 0 heterocycles. The van der Waals surface area contributed by atoms with Gasteiger partial charge in [-0.05, 0) is 35.1 Å². The number of rotatable bonds is 7. The first-order chi connectivity index (χ1) is 7.77. The van der Waals surface area contributed by atoms with E-state index in [4.69, 9.17) is 4.52 Å². The Morgan fingerprint density at radius 1 is 1.38 bits per heavy atom. The van der Waals surface area contributed by atoms with Gasteiger partial charge in [-0.2, -0.15) is 0 Å². The van der Waals surface area contributed by atoms with Gasteiger partial charge in [-0.1, -0.05) is 31.6 Å². The Labute approximate surface area is 98.2 Å². The highest BCUT2D eigenvalue weighted by atomic mass is 31.1. The van der Waals surface area contributed by atoms with Crippen molar-refractivity contribution in [3.05, 3.63) is 42.5 Å². The molecule has 86 valence electrons. The third-order valence-corrected chi connectivity index (χ3v) is 3.37.